The van der Waals surface area contributed by atoms with E-state index in [0.29, 0.717) is 24.5 Å². The summed E-state index contributed by atoms with van der Waals surface area (Å²) in [7, 11) is 0. The third-order valence-corrected chi connectivity index (χ3v) is 5.79. The summed E-state index contributed by atoms with van der Waals surface area (Å²) in [4.78, 5) is 7.31. The maximum absolute atomic E-state index is 6.24. The summed E-state index contributed by atoms with van der Waals surface area (Å²) in [5.41, 5.74) is 7.41. The van der Waals surface area contributed by atoms with Gasteiger partial charge < -0.3 is 15.8 Å². The Morgan fingerprint density at radius 1 is 1.27 bits per heavy atom. The van der Waals surface area contributed by atoms with Crippen molar-refractivity contribution in [1.29, 1.82) is 0 Å². The van der Waals surface area contributed by atoms with Gasteiger partial charge in [0.15, 0.2) is 5.96 Å². The quantitative estimate of drug-likeness (QED) is 0.627. The number of piperidine rings is 1. The number of benzene rings is 1. The van der Waals surface area contributed by atoms with Gasteiger partial charge >= 0.3 is 0 Å². The lowest BCUT2D eigenvalue weighted by atomic mass is 9.94. The molecule has 1 fully saturated rings. The van der Waals surface area contributed by atoms with Gasteiger partial charge in [0.25, 0.3) is 0 Å². The lowest BCUT2D eigenvalue weighted by Crippen LogP contribution is -2.46. The fourth-order valence-corrected chi connectivity index (χ4v) is 4.02. The van der Waals surface area contributed by atoms with E-state index in [9.17, 15) is 0 Å². The van der Waals surface area contributed by atoms with Gasteiger partial charge in [-0.2, -0.15) is 0 Å². The molecular formula is C21H34N4O. The molecule has 1 aromatic rings. The molecule has 2 aliphatic rings. The second-order valence-electron chi connectivity index (χ2n) is 8.13. The van der Waals surface area contributed by atoms with Crippen molar-refractivity contribution < 1.29 is 4.74 Å². The smallest absolute Gasteiger partial charge is 0.189 e. The number of hydrogen-bond acceptors (Lipinski definition) is 3. The number of hydrogen-bond donors (Lipinski definition) is 2. The van der Waals surface area contributed by atoms with Gasteiger partial charge in [-0.1, -0.05) is 39.0 Å². The van der Waals surface area contributed by atoms with E-state index in [4.69, 9.17) is 15.5 Å². The molecule has 1 aromatic carbocycles. The Hall–Kier alpha value is -1.75. The minimum atomic E-state index is 0.178. The van der Waals surface area contributed by atoms with Crippen molar-refractivity contribution in [2.75, 3.05) is 26.2 Å². The molecule has 3 N–H and O–H groups in total. The summed E-state index contributed by atoms with van der Waals surface area (Å²) in [6, 6.07) is 8.81. The molecule has 0 aliphatic carbocycles. The van der Waals surface area contributed by atoms with E-state index in [0.717, 1.165) is 24.6 Å². The Labute approximate surface area is 158 Å². The molecule has 0 radical (unpaired) electrons. The molecule has 2 aliphatic heterocycles. The highest BCUT2D eigenvalue weighted by atomic mass is 16.5. The largest absolute Gasteiger partial charge is 0.493 e. The first-order valence-electron chi connectivity index (χ1n) is 10.1. The highest BCUT2D eigenvalue weighted by Gasteiger charge is 2.26. The Morgan fingerprint density at radius 2 is 2.00 bits per heavy atom. The van der Waals surface area contributed by atoms with Crippen LogP contribution in [0.1, 0.15) is 51.6 Å². The second-order valence-corrected chi connectivity index (χ2v) is 8.13. The third-order valence-electron chi connectivity index (χ3n) is 5.79. The number of guanidine groups is 1. The maximum atomic E-state index is 6.24. The Balaban J connectivity index is 1.60. The molecular weight excluding hydrogens is 324 g/mol. The summed E-state index contributed by atoms with van der Waals surface area (Å²) in [5.74, 6) is 2.92. The van der Waals surface area contributed by atoms with Crippen LogP contribution >= 0.6 is 0 Å². The van der Waals surface area contributed by atoms with Crippen LogP contribution in [0.4, 0.5) is 0 Å². The van der Waals surface area contributed by atoms with Gasteiger partial charge in [0.1, 0.15) is 5.75 Å². The van der Waals surface area contributed by atoms with E-state index < -0.39 is 0 Å². The fourth-order valence-electron chi connectivity index (χ4n) is 4.02. The summed E-state index contributed by atoms with van der Waals surface area (Å²) in [6.45, 7) is 10.8. The molecule has 2 unspecified atom stereocenters. The van der Waals surface area contributed by atoms with Crippen molar-refractivity contribution in [3.63, 3.8) is 0 Å². The highest BCUT2D eigenvalue weighted by Crippen LogP contribution is 2.31. The van der Waals surface area contributed by atoms with Gasteiger partial charge in [-0.25, -0.2) is 0 Å². The molecule has 0 amide bonds. The maximum Gasteiger partial charge on any atom is 0.189 e. The molecule has 5 heteroatoms. The van der Waals surface area contributed by atoms with Crippen LogP contribution in [0.3, 0.4) is 0 Å². The van der Waals surface area contributed by atoms with E-state index in [-0.39, 0.29) is 6.04 Å². The van der Waals surface area contributed by atoms with Gasteiger partial charge in [-0.05, 0) is 43.8 Å². The van der Waals surface area contributed by atoms with Crippen LogP contribution in [0, 0.1) is 11.8 Å². The Kier molecular flexibility index (Phi) is 6.41. The number of ether oxygens (including phenoxy) is 1. The molecule has 0 saturated carbocycles. The predicted octanol–water partition coefficient (Wildman–Crippen LogP) is 3.17. The first-order chi connectivity index (χ1) is 12.5. The molecule has 1 saturated heterocycles. The normalized spacial score (nSPS) is 23.4. The van der Waals surface area contributed by atoms with E-state index >= 15 is 0 Å². The minimum absolute atomic E-state index is 0.178. The van der Waals surface area contributed by atoms with Crippen molar-refractivity contribution in [2.24, 2.45) is 22.6 Å². The number of para-hydroxylation sites is 1. The number of likely N-dealkylation sites (tertiary alicyclic amines) is 1. The van der Waals surface area contributed by atoms with Gasteiger partial charge in [0.05, 0.1) is 19.2 Å². The number of rotatable bonds is 5. The van der Waals surface area contributed by atoms with Crippen molar-refractivity contribution >= 4 is 5.96 Å². The number of fused-ring (bicyclic) bond motifs is 1. The van der Waals surface area contributed by atoms with Crippen LogP contribution < -0.4 is 15.8 Å². The van der Waals surface area contributed by atoms with Crippen molar-refractivity contribution in [2.45, 2.75) is 52.1 Å². The average molecular weight is 359 g/mol. The number of nitrogens with two attached hydrogens (primary N) is 1. The predicted molar refractivity (Wildman–Crippen MR) is 108 cm³/mol. The molecule has 3 rings (SSSR count). The van der Waals surface area contributed by atoms with Gasteiger partial charge in [0.2, 0.25) is 0 Å². The summed E-state index contributed by atoms with van der Waals surface area (Å²) in [5, 5.41) is 3.41. The lowest BCUT2D eigenvalue weighted by molar-refractivity contribution is 0.113. The molecule has 2 atom stereocenters. The lowest BCUT2D eigenvalue weighted by Gasteiger charge is -2.38. The third kappa shape index (κ3) is 4.70. The average Bonchev–Trinajstić information content (AvgIpc) is 2.63. The first kappa shape index (κ1) is 19.0. The standard InChI is InChI=1S/C21H34N4O/c1-15(2)19(25-11-8-16(3)9-12-25)14-23-21(22)24-18-10-13-26-20-7-5-4-6-17(18)20/h4-7,15-16,18-19H,8-14H2,1-3H3,(H3,22,23,24). The Morgan fingerprint density at radius 3 is 2.73 bits per heavy atom. The molecule has 5 nitrogen and oxygen atoms in total. The second kappa shape index (κ2) is 8.76. The fraction of sp³-hybridized carbons (Fsp3) is 0.667. The zero-order valence-electron chi connectivity index (χ0n) is 16.4. The van der Waals surface area contributed by atoms with Crippen molar-refractivity contribution in [3.05, 3.63) is 29.8 Å². The minimum Gasteiger partial charge on any atom is -0.493 e. The van der Waals surface area contributed by atoms with Crippen LogP contribution in [0.5, 0.6) is 5.75 Å². The topological polar surface area (TPSA) is 62.9 Å². The number of nitrogens with zero attached hydrogens (tertiary/aromatic N) is 2. The van der Waals surface area contributed by atoms with Gasteiger partial charge in [0, 0.05) is 18.0 Å². The zero-order valence-corrected chi connectivity index (χ0v) is 16.4. The van der Waals surface area contributed by atoms with E-state index in [1.54, 1.807) is 0 Å². The van der Waals surface area contributed by atoms with Crippen LogP contribution in [0.25, 0.3) is 0 Å². The van der Waals surface area contributed by atoms with Gasteiger partial charge in [-0.15, -0.1) is 0 Å². The monoisotopic (exact) mass is 358 g/mol. The molecule has 2 heterocycles. The molecule has 0 bridgehead atoms. The number of nitrogens with one attached hydrogen (secondary N) is 1. The number of aliphatic imine (C=N–C) groups is 1. The molecule has 144 valence electrons. The van der Waals surface area contributed by atoms with Crippen LogP contribution in [0.15, 0.2) is 29.3 Å². The first-order valence-corrected chi connectivity index (χ1v) is 10.1. The highest BCUT2D eigenvalue weighted by molar-refractivity contribution is 5.78. The van der Waals surface area contributed by atoms with E-state index in [1.807, 2.05) is 18.2 Å². The zero-order chi connectivity index (χ0) is 18.5. The molecule has 26 heavy (non-hydrogen) atoms. The molecule has 0 spiro atoms. The van der Waals surface area contributed by atoms with Crippen LogP contribution in [0.2, 0.25) is 0 Å². The van der Waals surface area contributed by atoms with Crippen LogP contribution in [-0.4, -0.2) is 43.1 Å². The SMILES string of the molecule is CC1CCN(C(CN=C(N)NC2CCOc3ccccc32)C(C)C)CC1. The van der Waals surface area contributed by atoms with Gasteiger partial charge in [-0.3, -0.25) is 9.89 Å². The Bertz CT molecular complexity index is 608. The van der Waals surface area contributed by atoms with E-state index in [2.05, 4.69) is 37.1 Å². The summed E-state index contributed by atoms with van der Waals surface area (Å²) >= 11 is 0. The summed E-state index contributed by atoms with van der Waals surface area (Å²) in [6.07, 6.45) is 3.49. The van der Waals surface area contributed by atoms with E-state index in [1.165, 1.54) is 31.5 Å². The van der Waals surface area contributed by atoms with Crippen molar-refractivity contribution in [1.82, 2.24) is 10.2 Å². The summed E-state index contributed by atoms with van der Waals surface area (Å²) < 4.78 is 5.73. The molecule has 0 aromatic heterocycles. The van der Waals surface area contributed by atoms with Crippen LogP contribution in [-0.2, 0) is 0 Å². The van der Waals surface area contributed by atoms with Crippen molar-refractivity contribution in [3.8, 4) is 5.75 Å².